The van der Waals surface area contributed by atoms with Gasteiger partial charge in [-0.1, -0.05) is 26.2 Å². The summed E-state index contributed by atoms with van der Waals surface area (Å²) in [6.45, 7) is 4.12. The molecule has 1 aliphatic carbocycles. The average molecular weight is 225 g/mol. The van der Waals surface area contributed by atoms with Gasteiger partial charge in [-0.25, -0.2) is 0 Å². The van der Waals surface area contributed by atoms with Gasteiger partial charge in [-0.15, -0.1) is 0 Å². The number of methoxy groups -OCH3 is 1. The Kier molecular flexibility index (Phi) is 4.35. The van der Waals surface area contributed by atoms with Gasteiger partial charge in [0.25, 0.3) is 0 Å². The number of ether oxygens (including phenoxy) is 1. The second-order valence-electron chi connectivity index (χ2n) is 5.27. The second kappa shape index (κ2) is 5.16. The molecular weight excluding hydrogens is 202 g/mol. The molecule has 0 aliphatic heterocycles. The van der Waals surface area contributed by atoms with Crippen LogP contribution in [0.15, 0.2) is 0 Å². The molecule has 1 saturated carbocycles. The lowest BCUT2D eigenvalue weighted by atomic mass is 9.61. The molecule has 0 amide bonds. The van der Waals surface area contributed by atoms with Crippen molar-refractivity contribution < 1.29 is 9.84 Å². The maximum absolute atomic E-state index is 10.5. The summed E-state index contributed by atoms with van der Waals surface area (Å²) in [5.41, 5.74) is -1.66. The number of nitrogens with zero attached hydrogens (tertiary/aromatic N) is 1. The van der Waals surface area contributed by atoms with Gasteiger partial charge < -0.3 is 9.84 Å². The summed E-state index contributed by atoms with van der Waals surface area (Å²) in [6.07, 6.45) is 4.90. The van der Waals surface area contributed by atoms with Crippen molar-refractivity contribution in [2.75, 3.05) is 13.7 Å². The van der Waals surface area contributed by atoms with Crippen molar-refractivity contribution in [2.45, 2.75) is 51.6 Å². The molecule has 1 rings (SSSR count). The van der Waals surface area contributed by atoms with Gasteiger partial charge in [-0.2, -0.15) is 5.26 Å². The third kappa shape index (κ3) is 2.39. The lowest BCUT2D eigenvalue weighted by molar-refractivity contribution is -0.108. The van der Waals surface area contributed by atoms with Crippen LogP contribution in [0.5, 0.6) is 0 Å². The van der Waals surface area contributed by atoms with E-state index >= 15 is 0 Å². The van der Waals surface area contributed by atoms with E-state index in [1.807, 2.05) is 0 Å². The molecular formula is C13H23NO2. The molecule has 0 spiro atoms. The van der Waals surface area contributed by atoms with Crippen molar-refractivity contribution >= 4 is 0 Å². The lowest BCUT2D eigenvalue weighted by Gasteiger charge is -2.44. The van der Waals surface area contributed by atoms with Gasteiger partial charge in [0, 0.05) is 7.11 Å². The second-order valence-corrected chi connectivity index (χ2v) is 5.27. The van der Waals surface area contributed by atoms with Crippen LogP contribution < -0.4 is 0 Å². The summed E-state index contributed by atoms with van der Waals surface area (Å²) < 4.78 is 5.05. The van der Waals surface area contributed by atoms with Crippen LogP contribution in [-0.2, 0) is 4.74 Å². The van der Waals surface area contributed by atoms with Gasteiger partial charge in [-0.05, 0) is 25.7 Å². The van der Waals surface area contributed by atoms with E-state index in [4.69, 9.17) is 4.74 Å². The Morgan fingerprint density at radius 2 is 2.31 bits per heavy atom. The van der Waals surface area contributed by atoms with Crippen molar-refractivity contribution in [3.63, 3.8) is 0 Å². The van der Waals surface area contributed by atoms with E-state index in [2.05, 4.69) is 13.0 Å². The van der Waals surface area contributed by atoms with Crippen LogP contribution in [0.4, 0.5) is 0 Å². The van der Waals surface area contributed by atoms with Crippen LogP contribution in [0.25, 0.3) is 0 Å². The fraction of sp³-hybridized carbons (Fsp3) is 0.923. The smallest absolute Gasteiger partial charge is 0.104 e. The molecule has 1 aliphatic rings. The zero-order chi connectivity index (χ0) is 12.2. The Bertz CT molecular complexity index is 270. The Morgan fingerprint density at radius 3 is 2.81 bits per heavy atom. The quantitative estimate of drug-likeness (QED) is 0.799. The zero-order valence-electron chi connectivity index (χ0n) is 10.6. The molecule has 0 aromatic carbocycles. The molecule has 3 atom stereocenters. The van der Waals surface area contributed by atoms with E-state index in [1.54, 1.807) is 14.0 Å². The lowest BCUT2D eigenvalue weighted by Crippen LogP contribution is -2.50. The standard InChI is InChI=1S/C13H23NO2/c1-4-11-6-5-7-13(8-11,9-14)12(2,15)10-16-3/h11,15H,4-8,10H2,1-3H3. The van der Waals surface area contributed by atoms with E-state index in [1.165, 1.54) is 6.42 Å². The summed E-state index contributed by atoms with van der Waals surface area (Å²) in [6, 6.07) is 2.38. The van der Waals surface area contributed by atoms with Gasteiger partial charge in [0.1, 0.15) is 5.60 Å². The van der Waals surface area contributed by atoms with Crippen LogP contribution in [0.3, 0.4) is 0 Å². The largest absolute Gasteiger partial charge is 0.386 e. The molecule has 16 heavy (non-hydrogen) atoms. The van der Waals surface area contributed by atoms with Crippen LogP contribution >= 0.6 is 0 Å². The molecule has 3 unspecified atom stereocenters. The van der Waals surface area contributed by atoms with E-state index in [9.17, 15) is 10.4 Å². The van der Waals surface area contributed by atoms with Crippen molar-refractivity contribution in [1.29, 1.82) is 5.26 Å². The van der Waals surface area contributed by atoms with Crippen LogP contribution in [0, 0.1) is 22.7 Å². The maximum atomic E-state index is 10.5. The monoisotopic (exact) mass is 225 g/mol. The van der Waals surface area contributed by atoms with E-state index in [0.717, 1.165) is 25.7 Å². The minimum atomic E-state index is -1.04. The van der Waals surface area contributed by atoms with Gasteiger partial charge >= 0.3 is 0 Å². The Hall–Kier alpha value is -0.590. The topological polar surface area (TPSA) is 53.2 Å². The fourth-order valence-corrected chi connectivity index (χ4v) is 2.87. The molecule has 3 nitrogen and oxygen atoms in total. The molecule has 1 fully saturated rings. The highest BCUT2D eigenvalue weighted by Crippen LogP contribution is 2.47. The van der Waals surface area contributed by atoms with Crippen molar-refractivity contribution in [3.8, 4) is 6.07 Å². The minimum Gasteiger partial charge on any atom is -0.386 e. The predicted molar refractivity (Wildman–Crippen MR) is 62.8 cm³/mol. The van der Waals surface area contributed by atoms with E-state index in [0.29, 0.717) is 5.92 Å². The molecule has 0 bridgehead atoms. The molecule has 0 radical (unpaired) electrons. The maximum Gasteiger partial charge on any atom is 0.104 e. The fourth-order valence-electron chi connectivity index (χ4n) is 2.87. The average Bonchev–Trinajstić information content (AvgIpc) is 2.28. The van der Waals surface area contributed by atoms with Gasteiger partial charge in [0.15, 0.2) is 0 Å². The highest BCUT2D eigenvalue weighted by molar-refractivity contribution is 5.12. The van der Waals surface area contributed by atoms with Crippen LogP contribution in [0.2, 0.25) is 0 Å². The number of aliphatic hydroxyl groups is 1. The summed E-state index contributed by atoms with van der Waals surface area (Å²) in [5, 5.41) is 19.9. The molecule has 0 aromatic rings. The molecule has 3 heteroatoms. The first kappa shape index (κ1) is 13.5. The van der Waals surface area contributed by atoms with Crippen LogP contribution in [0.1, 0.15) is 46.0 Å². The minimum absolute atomic E-state index is 0.233. The molecule has 0 heterocycles. The molecule has 92 valence electrons. The third-order valence-corrected chi connectivity index (χ3v) is 4.10. The summed E-state index contributed by atoms with van der Waals surface area (Å²) >= 11 is 0. The number of hydrogen-bond acceptors (Lipinski definition) is 3. The highest BCUT2D eigenvalue weighted by Gasteiger charge is 2.49. The first-order chi connectivity index (χ1) is 7.51. The van der Waals surface area contributed by atoms with Crippen molar-refractivity contribution in [2.24, 2.45) is 11.3 Å². The highest BCUT2D eigenvalue weighted by atomic mass is 16.5. The number of nitriles is 1. The number of rotatable bonds is 4. The van der Waals surface area contributed by atoms with Gasteiger partial charge in [-0.3, -0.25) is 0 Å². The van der Waals surface area contributed by atoms with Crippen molar-refractivity contribution in [3.05, 3.63) is 0 Å². The Labute approximate surface area is 98.4 Å². The normalized spacial score (nSPS) is 34.1. The van der Waals surface area contributed by atoms with E-state index in [-0.39, 0.29) is 6.61 Å². The Morgan fingerprint density at radius 1 is 1.62 bits per heavy atom. The first-order valence-corrected chi connectivity index (χ1v) is 6.14. The molecule has 0 aromatic heterocycles. The zero-order valence-corrected chi connectivity index (χ0v) is 10.6. The van der Waals surface area contributed by atoms with Crippen LogP contribution in [-0.4, -0.2) is 24.4 Å². The third-order valence-electron chi connectivity index (χ3n) is 4.10. The van der Waals surface area contributed by atoms with Gasteiger partial charge in [0.05, 0.1) is 18.1 Å². The molecule has 0 saturated heterocycles. The summed E-state index contributed by atoms with van der Waals surface area (Å²) in [5.74, 6) is 0.566. The summed E-state index contributed by atoms with van der Waals surface area (Å²) in [7, 11) is 1.57. The van der Waals surface area contributed by atoms with Gasteiger partial charge in [0.2, 0.25) is 0 Å². The number of hydrogen-bond donors (Lipinski definition) is 1. The molecule has 1 N–H and O–H groups in total. The Balaban J connectivity index is 2.88. The first-order valence-electron chi connectivity index (χ1n) is 6.14. The van der Waals surface area contributed by atoms with E-state index < -0.39 is 11.0 Å². The van der Waals surface area contributed by atoms with Crippen molar-refractivity contribution in [1.82, 2.24) is 0 Å². The SMILES string of the molecule is CCC1CCCC(C#N)(C(C)(O)COC)C1. The predicted octanol–water partition coefficient (Wildman–Crippen LogP) is 2.49. The summed E-state index contributed by atoms with van der Waals surface area (Å²) in [4.78, 5) is 0.